The molecule has 0 aliphatic carbocycles. The fraction of sp³-hybridized carbons (Fsp3) is 0.500. The minimum Gasteiger partial charge on any atom is -0.395 e. The fourth-order valence-electron chi connectivity index (χ4n) is 2.38. The number of aliphatic hydroxyl groups is 1. The highest BCUT2D eigenvalue weighted by Crippen LogP contribution is 2.28. The largest absolute Gasteiger partial charge is 0.395 e. The molecule has 0 aliphatic heterocycles. The molecule has 0 amide bonds. The summed E-state index contributed by atoms with van der Waals surface area (Å²) >= 11 is 0. The van der Waals surface area contributed by atoms with Crippen LogP contribution in [0.25, 0.3) is 0 Å². The van der Waals surface area contributed by atoms with Gasteiger partial charge in [-0.3, -0.25) is 0 Å². The summed E-state index contributed by atoms with van der Waals surface area (Å²) in [5.74, 6) is 0. The number of nitrogens with one attached hydrogen (secondary N) is 1. The van der Waals surface area contributed by atoms with Crippen molar-refractivity contribution in [2.75, 3.05) is 31.1 Å². The van der Waals surface area contributed by atoms with Crippen LogP contribution < -0.4 is 10.2 Å². The second-order valence-corrected chi connectivity index (χ2v) is 4.54. The standard InChI is InChI=1S/C16H26N2O/c1-4-11-18(12-13-19)16-10-8-7-9-14(16)15(5-2)17-6-3/h4,7-10,15,17,19H,1,5-6,11-13H2,2-3H3. The Hall–Kier alpha value is -1.32. The molecule has 0 saturated carbocycles. The predicted octanol–water partition coefficient (Wildman–Crippen LogP) is 2.73. The topological polar surface area (TPSA) is 35.5 Å². The van der Waals surface area contributed by atoms with Gasteiger partial charge < -0.3 is 15.3 Å². The highest BCUT2D eigenvalue weighted by Gasteiger charge is 2.15. The van der Waals surface area contributed by atoms with E-state index in [9.17, 15) is 5.11 Å². The van der Waals surface area contributed by atoms with Crippen LogP contribution in [0.5, 0.6) is 0 Å². The maximum absolute atomic E-state index is 9.22. The average Bonchev–Trinajstić information content (AvgIpc) is 2.44. The van der Waals surface area contributed by atoms with Crippen molar-refractivity contribution in [3.63, 3.8) is 0 Å². The van der Waals surface area contributed by atoms with Crippen LogP contribution in [0.3, 0.4) is 0 Å². The first kappa shape index (κ1) is 15.7. The number of hydrogen-bond acceptors (Lipinski definition) is 3. The third-order valence-corrected chi connectivity index (χ3v) is 3.23. The zero-order chi connectivity index (χ0) is 14.1. The molecule has 0 radical (unpaired) electrons. The monoisotopic (exact) mass is 262 g/mol. The summed E-state index contributed by atoms with van der Waals surface area (Å²) in [5.41, 5.74) is 2.48. The van der Waals surface area contributed by atoms with Crippen LogP contribution >= 0.6 is 0 Å². The van der Waals surface area contributed by atoms with Crippen LogP contribution in [0.1, 0.15) is 31.9 Å². The SMILES string of the molecule is C=CCN(CCO)c1ccccc1C(CC)NCC. The van der Waals surface area contributed by atoms with Gasteiger partial charge in [-0.15, -0.1) is 6.58 Å². The summed E-state index contributed by atoms with van der Waals surface area (Å²) in [6.45, 7) is 10.6. The van der Waals surface area contributed by atoms with Gasteiger partial charge in [0.25, 0.3) is 0 Å². The van der Waals surface area contributed by atoms with E-state index in [2.05, 4.69) is 48.8 Å². The molecule has 0 fully saturated rings. The third kappa shape index (κ3) is 4.37. The first-order valence-electron chi connectivity index (χ1n) is 7.07. The van der Waals surface area contributed by atoms with Crippen molar-refractivity contribution < 1.29 is 5.11 Å². The second kappa shape index (κ2) is 8.73. The summed E-state index contributed by atoms with van der Waals surface area (Å²) in [6, 6.07) is 8.76. The molecule has 3 nitrogen and oxygen atoms in total. The van der Waals surface area contributed by atoms with Crippen molar-refractivity contribution >= 4 is 5.69 Å². The smallest absolute Gasteiger partial charge is 0.0606 e. The maximum atomic E-state index is 9.22. The van der Waals surface area contributed by atoms with Crippen molar-refractivity contribution in [2.45, 2.75) is 26.3 Å². The molecule has 1 rings (SSSR count). The van der Waals surface area contributed by atoms with E-state index in [4.69, 9.17) is 0 Å². The van der Waals surface area contributed by atoms with Gasteiger partial charge in [0.05, 0.1) is 6.61 Å². The molecular formula is C16H26N2O. The molecule has 2 N–H and O–H groups in total. The first-order valence-corrected chi connectivity index (χ1v) is 7.07. The van der Waals surface area contributed by atoms with Crippen LogP contribution in [-0.4, -0.2) is 31.3 Å². The zero-order valence-electron chi connectivity index (χ0n) is 12.1. The van der Waals surface area contributed by atoms with Gasteiger partial charge in [-0.25, -0.2) is 0 Å². The van der Waals surface area contributed by atoms with Crippen molar-refractivity contribution in [1.82, 2.24) is 5.32 Å². The lowest BCUT2D eigenvalue weighted by molar-refractivity contribution is 0.303. The average molecular weight is 262 g/mol. The summed E-state index contributed by atoms with van der Waals surface area (Å²) in [5, 5.41) is 12.7. The molecule has 1 aromatic rings. The summed E-state index contributed by atoms with van der Waals surface area (Å²) in [6.07, 6.45) is 2.92. The molecule has 0 aliphatic rings. The molecule has 19 heavy (non-hydrogen) atoms. The molecular weight excluding hydrogens is 236 g/mol. The number of rotatable bonds is 9. The van der Waals surface area contributed by atoms with Gasteiger partial charge in [0, 0.05) is 24.8 Å². The first-order chi connectivity index (χ1) is 9.28. The minimum atomic E-state index is 0.153. The van der Waals surface area contributed by atoms with Gasteiger partial charge in [0.2, 0.25) is 0 Å². The van der Waals surface area contributed by atoms with Gasteiger partial charge in [-0.2, -0.15) is 0 Å². The molecule has 0 spiro atoms. The molecule has 1 atom stereocenters. The number of hydrogen-bond donors (Lipinski definition) is 2. The van der Waals surface area contributed by atoms with Crippen LogP contribution in [0.15, 0.2) is 36.9 Å². The normalized spacial score (nSPS) is 12.2. The van der Waals surface area contributed by atoms with E-state index in [-0.39, 0.29) is 6.61 Å². The molecule has 3 heteroatoms. The van der Waals surface area contributed by atoms with Crippen LogP contribution in [0.2, 0.25) is 0 Å². The van der Waals surface area contributed by atoms with Crippen LogP contribution in [-0.2, 0) is 0 Å². The number of benzene rings is 1. The second-order valence-electron chi connectivity index (χ2n) is 4.54. The lowest BCUT2D eigenvalue weighted by Gasteiger charge is -2.28. The van der Waals surface area contributed by atoms with Gasteiger partial charge >= 0.3 is 0 Å². The Morgan fingerprint density at radius 3 is 2.68 bits per heavy atom. The summed E-state index contributed by atoms with van der Waals surface area (Å²) in [7, 11) is 0. The Morgan fingerprint density at radius 2 is 2.11 bits per heavy atom. The van der Waals surface area contributed by atoms with E-state index in [0.717, 1.165) is 19.5 Å². The predicted molar refractivity (Wildman–Crippen MR) is 82.6 cm³/mol. The maximum Gasteiger partial charge on any atom is 0.0606 e. The number of para-hydroxylation sites is 1. The lowest BCUT2D eigenvalue weighted by Crippen LogP contribution is -2.30. The summed E-state index contributed by atoms with van der Waals surface area (Å²) in [4.78, 5) is 2.17. The molecule has 0 bridgehead atoms. The Bertz CT molecular complexity index is 379. The molecule has 1 aromatic carbocycles. The molecule has 1 unspecified atom stereocenters. The minimum absolute atomic E-state index is 0.153. The number of anilines is 1. The van der Waals surface area contributed by atoms with Crippen molar-refractivity contribution in [2.24, 2.45) is 0 Å². The van der Waals surface area contributed by atoms with Gasteiger partial charge in [0.1, 0.15) is 0 Å². The molecule has 0 aromatic heterocycles. The zero-order valence-corrected chi connectivity index (χ0v) is 12.1. The Labute approximate surface area is 116 Å². The van der Waals surface area contributed by atoms with E-state index in [1.54, 1.807) is 0 Å². The molecule has 0 saturated heterocycles. The van der Waals surface area contributed by atoms with E-state index in [1.807, 2.05) is 12.1 Å². The Morgan fingerprint density at radius 1 is 1.37 bits per heavy atom. The van der Waals surface area contributed by atoms with Crippen LogP contribution in [0.4, 0.5) is 5.69 Å². The molecule has 0 heterocycles. The van der Waals surface area contributed by atoms with Crippen molar-refractivity contribution in [3.8, 4) is 0 Å². The van der Waals surface area contributed by atoms with E-state index < -0.39 is 0 Å². The van der Waals surface area contributed by atoms with Gasteiger partial charge in [-0.05, 0) is 24.6 Å². The summed E-state index contributed by atoms with van der Waals surface area (Å²) < 4.78 is 0. The quantitative estimate of drug-likeness (QED) is 0.672. The van der Waals surface area contributed by atoms with E-state index in [0.29, 0.717) is 12.6 Å². The fourth-order valence-corrected chi connectivity index (χ4v) is 2.38. The highest BCUT2D eigenvalue weighted by atomic mass is 16.3. The Balaban J connectivity index is 3.06. The Kier molecular flexibility index (Phi) is 7.23. The van der Waals surface area contributed by atoms with Crippen molar-refractivity contribution in [3.05, 3.63) is 42.5 Å². The van der Waals surface area contributed by atoms with E-state index in [1.165, 1.54) is 11.3 Å². The van der Waals surface area contributed by atoms with Gasteiger partial charge in [0.15, 0.2) is 0 Å². The van der Waals surface area contributed by atoms with E-state index >= 15 is 0 Å². The van der Waals surface area contributed by atoms with Crippen molar-refractivity contribution in [1.29, 1.82) is 0 Å². The molecule has 106 valence electrons. The van der Waals surface area contributed by atoms with Crippen LogP contribution in [0, 0.1) is 0 Å². The lowest BCUT2D eigenvalue weighted by atomic mass is 10.0. The number of aliphatic hydroxyl groups excluding tert-OH is 1. The number of nitrogens with zero attached hydrogens (tertiary/aromatic N) is 1. The third-order valence-electron chi connectivity index (χ3n) is 3.23. The highest BCUT2D eigenvalue weighted by molar-refractivity contribution is 5.55. The van der Waals surface area contributed by atoms with Gasteiger partial charge in [-0.1, -0.05) is 38.1 Å².